The molecule has 1 aliphatic rings. The molecular formula is C26H33ClFN3O4S. The summed E-state index contributed by atoms with van der Waals surface area (Å²) in [5.74, 6) is -1.50. The Morgan fingerprint density at radius 1 is 1.14 bits per heavy atom. The summed E-state index contributed by atoms with van der Waals surface area (Å²) >= 11 is 6.20. The van der Waals surface area contributed by atoms with Crippen molar-refractivity contribution in [2.45, 2.75) is 64.6 Å². The van der Waals surface area contributed by atoms with E-state index in [1.807, 2.05) is 0 Å². The first-order chi connectivity index (χ1) is 17.0. The van der Waals surface area contributed by atoms with Gasteiger partial charge in [-0.05, 0) is 50.5 Å². The Labute approximate surface area is 217 Å². The summed E-state index contributed by atoms with van der Waals surface area (Å²) in [7, 11) is -3.87. The van der Waals surface area contributed by atoms with Crippen molar-refractivity contribution in [3.05, 3.63) is 64.4 Å². The number of anilines is 1. The van der Waals surface area contributed by atoms with Crippen molar-refractivity contribution in [3.63, 3.8) is 0 Å². The number of nitrogens with one attached hydrogen (secondary N) is 1. The van der Waals surface area contributed by atoms with Crippen LogP contribution in [-0.4, -0.2) is 50.0 Å². The maximum absolute atomic E-state index is 14.5. The average molecular weight is 538 g/mol. The molecule has 0 radical (unpaired) electrons. The van der Waals surface area contributed by atoms with Crippen LogP contribution in [0.3, 0.4) is 0 Å². The van der Waals surface area contributed by atoms with E-state index in [2.05, 4.69) is 5.32 Å². The summed E-state index contributed by atoms with van der Waals surface area (Å²) in [5.41, 5.74) is 1.22. The van der Waals surface area contributed by atoms with Crippen LogP contribution in [0.4, 0.5) is 10.1 Å². The number of rotatable bonds is 9. The van der Waals surface area contributed by atoms with Crippen LogP contribution in [0.25, 0.3) is 0 Å². The molecule has 3 rings (SSSR count). The molecule has 1 aliphatic carbocycles. The Hall–Kier alpha value is -2.65. The van der Waals surface area contributed by atoms with E-state index >= 15 is 0 Å². The van der Waals surface area contributed by atoms with E-state index in [4.69, 9.17) is 11.6 Å². The maximum Gasteiger partial charge on any atom is 0.244 e. The van der Waals surface area contributed by atoms with Gasteiger partial charge in [-0.25, -0.2) is 12.8 Å². The molecule has 2 aromatic rings. The van der Waals surface area contributed by atoms with Crippen LogP contribution in [0, 0.1) is 12.7 Å². The highest BCUT2D eigenvalue weighted by atomic mass is 35.5. The van der Waals surface area contributed by atoms with Crippen LogP contribution in [0.2, 0.25) is 5.02 Å². The highest BCUT2D eigenvalue weighted by Gasteiger charge is 2.31. The largest absolute Gasteiger partial charge is 0.352 e. The zero-order chi connectivity index (χ0) is 26.5. The SMILES string of the molecule is Cc1ccc(N(CC(=O)N(Cc2ccccc2F)C(C)C(=O)NC2CCCCC2)S(C)(=O)=O)cc1Cl. The zero-order valence-corrected chi connectivity index (χ0v) is 22.4. The first-order valence-electron chi connectivity index (χ1n) is 12.0. The number of hydrogen-bond donors (Lipinski definition) is 1. The molecular weight excluding hydrogens is 505 g/mol. The van der Waals surface area contributed by atoms with Crippen molar-refractivity contribution in [1.82, 2.24) is 10.2 Å². The molecule has 1 fully saturated rings. The van der Waals surface area contributed by atoms with Crippen molar-refractivity contribution in [1.29, 1.82) is 0 Å². The highest BCUT2D eigenvalue weighted by Crippen LogP contribution is 2.25. The predicted octanol–water partition coefficient (Wildman–Crippen LogP) is 4.42. The lowest BCUT2D eigenvalue weighted by Gasteiger charge is -2.33. The molecule has 2 amide bonds. The number of aryl methyl sites for hydroxylation is 1. The summed E-state index contributed by atoms with van der Waals surface area (Å²) in [4.78, 5) is 27.9. The number of hydrogen-bond acceptors (Lipinski definition) is 4. The highest BCUT2D eigenvalue weighted by molar-refractivity contribution is 7.92. The van der Waals surface area contributed by atoms with Gasteiger partial charge < -0.3 is 10.2 Å². The van der Waals surface area contributed by atoms with E-state index in [1.165, 1.54) is 29.2 Å². The lowest BCUT2D eigenvalue weighted by molar-refractivity contribution is -0.139. The first-order valence-corrected chi connectivity index (χ1v) is 14.3. The van der Waals surface area contributed by atoms with Crippen molar-refractivity contribution in [3.8, 4) is 0 Å². The summed E-state index contributed by atoms with van der Waals surface area (Å²) in [6, 6.07) is 9.79. The minimum atomic E-state index is -3.87. The number of benzene rings is 2. The van der Waals surface area contributed by atoms with Gasteiger partial charge in [0.25, 0.3) is 0 Å². The average Bonchev–Trinajstić information content (AvgIpc) is 2.83. The van der Waals surface area contributed by atoms with Gasteiger partial charge in [-0.1, -0.05) is 55.1 Å². The topological polar surface area (TPSA) is 86.8 Å². The third-order valence-corrected chi connectivity index (χ3v) is 8.09. The van der Waals surface area contributed by atoms with Crippen LogP contribution >= 0.6 is 11.6 Å². The van der Waals surface area contributed by atoms with Crippen molar-refractivity contribution in [2.24, 2.45) is 0 Å². The van der Waals surface area contributed by atoms with Crippen molar-refractivity contribution < 1.29 is 22.4 Å². The molecule has 1 saturated carbocycles. The van der Waals surface area contributed by atoms with Crippen LogP contribution in [-0.2, 0) is 26.2 Å². The van der Waals surface area contributed by atoms with E-state index in [1.54, 1.807) is 32.0 Å². The Kier molecular flexibility index (Phi) is 9.35. The van der Waals surface area contributed by atoms with E-state index < -0.39 is 34.3 Å². The predicted molar refractivity (Wildman–Crippen MR) is 140 cm³/mol. The minimum Gasteiger partial charge on any atom is -0.352 e. The summed E-state index contributed by atoms with van der Waals surface area (Å²) < 4.78 is 40.7. The Morgan fingerprint density at radius 3 is 2.42 bits per heavy atom. The van der Waals surface area contributed by atoms with E-state index in [0.717, 1.165) is 48.2 Å². The second-order valence-corrected chi connectivity index (χ2v) is 11.6. The van der Waals surface area contributed by atoms with Crippen LogP contribution < -0.4 is 9.62 Å². The summed E-state index contributed by atoms with van der Waals surface area (Å²) in [6.45, 7) is 2.61. The number of carbonyl (C=O) groups is 2. The molecule has 0 spiro atoms. The van der Waals surface area contributed by atoms with Gasteiger partial charge in [0.2, 0.25) is 21.8 Å². The van der Waals surface area contributed by atoms with Crippen molar-refractivity contribution >= 4 is 39.1 Å². The van der Waals surface area contributed by atoms with Crippen molar-refractivity contribution in [2.75, 3.05) is 17.1 Å². The molecule has 1 unspecified atom stereocenters. The van der Waals surface area contributed by atoms with E-state index in [0.29, 0.717) is 5.02 Å². The van der Waals surface area contributed by atoms with Gasteiger partial charge in [0.05, 0.1) is 11.9 Å². The molecule has 0 bridgehead atoms. The molecule has 0 heterocycles. The smallest absolute Gasteiger partial charge is 0.244 e. The Morgan fingerprint density at radius 2 is 1.81 bits per heavy atom. The first kappa shape index (κ1) is 27.9. The maximum atomic E-state index is 14.5. The number of amides is 2. The van der Waals surface area contributed by atoms with Gasteiger partial charge in [0.15, 0.2) is 0 Å². The number of sulfonamides is 1. The third kappa shape index (κ3) is 7.20. The fourth-order valence-corrected chi connectivity index (χ4v) is 5.33. The van der Waals surface area contributed by atoms with Gasteiger partial charge in [-0.3, -0.25) is 13.9 Å². The van der Waals surface area contributed by atoms with Gasteiger partial charge in [0.1, 0.15) is 18.4 Å². The van der Waals surface area contributed by atoms with Crippen LogP contribution in [0.5, 0.6) is 0 Å². The van der Waals surface area contributed by atoms with Gasteiger partial charge in [-0.15, -0.1) is 0 Å². The number of carbonyl (C=O) groups excluding carboxylic acids is 2. The normalized spacial score (nSPS) is 15.2. The van der Waals surface area contributed by atoms with E-state index in [-0.39, 0.29) is 29.7 Å². The molecule has 0 aromatic heterocycles. The summed E-state index contributed by atoms with van der Waals surface area (Å²) in [5, 5.41) is 3.37. The number of nitrogens with zero attached hydrogens (tertiary/aromatic N) is 2. The molecule has 0 aliphatic heterocycles. The van der Waals surface area contributed by atoms with Crippen LogP contribution in [0.1, 0.15) is 50.2 Å². The monoisotopic (exact) mass is 537 g/mol. The molecule has 10 heteroatoms. The molecule has 0 saturated heterocycles. The molecule has 36 heavy (non-hydrogen) atoms. The zero-order valence-electron chi connectivity index (χ0n) is 20.8. The molecule has 196 valence electrons. The summed E-state index contributed by atoms with van der Waals surface area (Å²) in [6.07, 6.45) is 5.92. The molecule has 2 aromatic carbocycles. The van der Waals surface area contributed by atoms with Crippen LogP contribution in [0.15, 0.2) is 42.5 Å². The lowest BCUT2D eigenvalue weighted by atomic mass is 9.95. The van der Waals surface area contributed by atoms with Gasteiger partial charge in [0, 0.05) is 23.2 Å². The third-order valence-electron chi connectivity index (χ3n) is 6.54. The number of halogens is 2. The van der Waals surface area contributed by atoms with Gasteiger partial charge in [-0.2, -0.15) is 0 Å². The quantitative estimate of drug-likeness (QED) is 0.513. The standard InChI is InChI=1S/C26H33ClFN3O4S/c1-18-13-14-22(15-23(18)27)31(36(3,34)35)17-25(32)30(16-20-9-7-8-12-24(20)28)19(2)26(33)29-21-10-5-4-6-11-21/h7-9,12-15,19,21H,4-6,10-11,16-17H2,1-3H3,(H,29,33). The fraction of sp³-hybridized carbons (Fsp3) is 0.462. The fourth-order valence-electron chi connectivity index (χ4n) is 4.31. The Balaban J connectivity index is 1.89. The van der Waals surface area contributed by atoms with E-state index in [9.17, 15) is 22.4 Å². The molecule has 7 nitrogen and oxygen atoms in total. The lowest BCUT2D eigenvalue weighted by Crippen LogP contribution is -2.53. The van der Waals surface area contributed by atoms with Gasteiger partial charge >= 0.3 is 0 Å². The minimum absolute atomic E-state index is 0.0290. The molecule has 1 N–H and O–H groups in total. The Bertz CT molecular complexity index is 1200. The second kappa shape index (κ2) is 12.1. The molecule has 1 atom stereocenters. The second-order valence-electron chi connectivity index (χ2n) is 9.34.